The van der Waals surface area contributed by atoms with E-state index >= 15 is 0 Å². The molecule has 1 heterocycles. The molecule has 0 aliphatic heterocycles. The molecule has 0 unspecified atom stereocenters. The lowest BCUT2D eigenvalue weighted by Crippen LogP contribution is -2.30. The SMILES string of the molecule is N[C@@H](CCCCNC(=O)c1cn(-c2ccccc2)nn1)C(=O)O. The predicted octanol–water partition coefficient (Wildman–Crippen LogP) is 0.579. The maximum atomic E-state index is 11.9. The van der Waals surface area contributed by atoms with E-state index in [1.54, 1.807) is 6.20 Å². The minimum Gasteiger partial charge on any atom is -0.480 e. The second-order valence-electron chi connectivity index (χ2n) is 5.08. The number of nitrogens with one attached hydrogen (secondary N) is 1. The molecular formula is C15H19N5O3. The third-order valence-corrected chi connectivity index (χ3v) is 3.29. The largest absolute Gasteiger partial charge is 0.480 e. The van der Waals surface area contributed by atoms with E-state index in [4.69, 9.17) is 10.8 Å². The van der Waals surface area contributed by atoms with Crippen LogP contribution in [-0.2, 0) is 4.79 Å². The number of amides is 1. The van der Waals surface area contributed by atoms with Gasteiger partial charge >= 0.3 is 5.97 Å². The van der Waals surface area contributed by atoms with Gasteiger partial charge in [-0.3, -0.25) is 9.59 Å². The van der Waals surface area contributed by atoms with E-state index in [0.717, 1.165) is 5.69 Å². The smallest absolute Gasteiger partial charge is 0.320 e. The highest BCUT2D eigenvalue weighted by Gasteiger charge is 2.12. The van der Waals surface area contributed by atoms with Crippen molar-refractivity contribution in [2.24, 2.45) is 5.73 Å². The van der Waals surface area contributed by atoms with Gasteiger partial charge in [0.2, 0.25) is 0 Å². The highest BCUT2D eigenvalue weighted by molar-refractivity contribution is 5.91. The van der Waals surface area contributed by atoms with Gasteiger partial charge in [0, 0.05) is 6.54 Å². The van der Waals surface area contributed by atoms with Crippen LogP contribution in [0.15, 0.2) is 36.5 Å². The second-order valence-corrected chi connectivity index (χ2v) is 5.08. The summed E-state index contributed by atoms with van der Waals surface area (Å²) in [5, 5.41) is 19.1. The zero-order valence-corrected chi connectivity index (χ0v) is 12.6. The van der Waals surface area contributed by atoms with E-state index in [-0.39, 0.29) is 11.6 Å². The first kappa shape index (κ1) is 16.6. The number of nitrogens with two attached hydrogens (primary N) is 1. The average molecular weight is 317 g/mol. The van der Waals surface area contributed by atoms with Crippen molar-refractivity contribution in [3.8, 4) is 5.69 Å². The van der Waals surface area contributed by atoms with Crippen LogP contribution in [0.3, 0.4) is 0 Å². The number of unbranched alkanes of at least 4 members (excludes halogenated alkanes) is 1. The van der Waals surface area contributed by atoms with Gasteiger partial charge in [0.15, 0.2) is 5.69 Å². The summed E-state index contributed by atoms with van der Waals surface area (Å²) in [5.41, 5.74) is 6.45. The van der Waals surface area contributed by atoms with Gasteiger partial charge < -0.3 is 16.2 Å². The molecule has 4 N–H and O–H groups in total. The molecular weight excluding hydrogens is 298 g/mol. The van der Waals surface area contributed by atoms with Gasteiger partial charge in [-0.05, 0) is 31.4 Å². The molecule has 0 aliphatic rings. The Labute approximate surface area is 133 Å². The monoisotopic (exact) mass is 317 g/mol. The lowest BCUT2D eigenvalue weighted by molar-refractivity contribution is -0.138. The van der Waals surface area contributed by atoms with E-state index in [9.17, 15) is 9.59 Å². The number of hydrogen-bond donors (Lipinski definition) is 3. The summed E-state index contributed by atoms with van der Waals surface area (Å²) in [6, 6.07) is 8.52. The zero-order valence-electron chi connectivity index (χ0n) is 12.6. The highest BCUT2D eigenvalue weighted by Crippen LogP contribution is 2.05. The van der Waals surface area contributed by atoms with Crippen LogP contribution in [0, 0.1) is 0 Å². The normalized spacial score (nSPS) is 11.9. The van der Waals surface area contributed by atoms with Crippen molar-refractivity contribution in [3.05, 3.63) is 42.2 Å². The number of carbonyl (C=O) groups is 2. The van der Waals surface area contributed by atoms with Crippen LogP contribution < -0.4 is 11.1 Å². The molecule has 0 radical (unpaired) electrons. The molecule has 1 aromatic heterocycles. The molecule has 1 atom stereocenters. The fourth-order valence-electron chi connectivity index (χ4n) is 1.98. The first-order valence-electron chi connectivity index (χ1n) is 7.32. The molecule has 8 heteroatoms. The van der Waals surface area contributed by atoms with Crippen LogP contribution in [-0.4, -0.2) is 44.6 Å². The molecule has 0 spiro atoms. The Bertz CT molecular complexity index is 656. The van der Waals surface area contributed by atoms with Crippen molar-refractivity contribution < 1.29 is 14.7 Å². The van der Waals surface area contributed by atoms with Gasteiger partial charge in [0.05, 0.1) is 11.9 Å². The molecule has 0 fully saturated rings. The number of para-hydroxylation sites is 1. The Morgan fingerprint density at radius 2 is 2.00 bits per heavy atom. The van der Waals surface area contributed by atoms with Crippen molar-refractivity contribution in [2.45, 2.75) is 25.3 Å². The summed E-state index contributed by atoms with van der Waals surface area (Å²) in [5.74, 6) is -1.32. The molecule has 0 aliphatic carbocycles. The van der Waals surface area contributed by atoms with Gasteiger partial charge in [0.25, 0.3) is 5.91 Å². The van der Waals surface area contributed by atoms with Gasteiger partial charge in [-0.2, -0.15) is 0 Å². The van der Waals surface area contributed by atoms with Crippen LogP contribution in [0.5, 0.6) is 0 Å². The molecule has 0 saturated carbocycles. The molecule has 8 nitrogen and oxygen atoms in total. The quantitative estimate of drug-likeness (QED) is 0.612. The topological polar surface area (TPSA) is 123 Å². The van der Waals surface area contributed by atoms with Gasteiger partial charge in [-0.15, -0.1) is 5.10 Å². The standard InChI is InChI=1S/C15H19N5O3/c16-12(15(22)23)8-4-5-9-17-14(21)13-10-20(19-18-13)11-6-2-1-3-7-11/h1-3,6-7,10,12H,4-5,8-9,16H2,(H,17,21)(H,22,23)/t12-/m0/s1. The van der Waals surface area contributed by atoms with E-state index in [1.807, 2.05) is 30.3 Å². The summed E-state index contributed by atoms with van der Waals surface area (Å²) >= 11 is 0. The van der Waals surface area contributed by atoms with Crippen molar-refractivity contribution in [2.75, 3.05) is 6.54 Å². The van der Waals surface area contributed by atoms with E-state index in [0.29, 0.717) is 25.8 Å². The van der Waals surface area contributed by atoms with Crippen LogP contribution in [0.4, 0.5) is 0 Å². The van der Waals surface area contributed by atoms with E-state index in [2.05, 4.69) is 15.6 Å². The number of carboxylic acids is 1. The summed E-state index contributed by atoms with van der Waals surface area (Å²) < 4.78 is 1.53. The third kappa shape index (κ3) is 4.89. The Hall–Kier alpha value is -2.74. The number of carbonyl (C=O) groups excluding carboxylic acids is 1. The van der Waals surface area contributed by atoms with Crippen molar-refractivity contribution in [1.29, 1.82) is 0 Å². The summed E-state index contributed by atoms with van der Waals surface area (Å²) in [4.78, 5) is 22.5. The third-order valence-electron chi connectivity index (χ3n) is 3.29. The maximum absolute atomic E-state index is 11.9. The number of carboxylic acid groups (broad SMARTS) is 1. The second kappa shape index (κ2) is 8.04. The van der Waals surface area contributed by atoms with Gasteiger partial charge in [-0.25, -0.2) is 4.68 Å². The number of benzene rings is 1. The van der Waals surface area contributed by atoms with Gasteiger partial charge in [0.1, 0.15) is 6.04 Å². The lowest BCUT2D eigenvalue weighted by Gasteiger charge is -2.06. The molecule has 1 aromatic carbocycles. The molecule has 0 saturated heterocycles. The number of aromatic nitrogens is 3. The summed E-state index contributed by atoms with van der Waals surface area (Å²) in [6.45, 7) is 0.434. The Morgan fingerprint density at radius 1 is 1.26 bits per heavy atom. The number of hydrogen-bond acceptors (Lipinski definition) is 5. The molecule has 1 amide bonds. The average Bonchev–Trinajstić information content (AvgIpc) is 3.05. The lowest BCUT2D eigenvalue weighted by atomic mass is 10.1. The van der Waals surface area contributed by atoms with Crippen molar-refractivity contribution in [3.63, 3.8) is 0 Å². The Balaban J connectivity index is 1.76. The molecule has 0 bridgehead atoms. The molecule has 2 aromatic rings. The summed E-state index contributed by atoms with van der Waals surface area (Å²) in [7, 11) is 0. The first-order chi connectivity index (χ1) is 11.1. The van der Waals surface area contributed by atoms with Crippen LogP contribution in [0.1, 0.15) is 29.8 Å². The minimum atomic E-state index is -1.01. The fourth-order valence-corrected chi connectivity index (χ4v) is 1.98. The maximum Gasteiger partial charge on any atom is 0.320 e. The van der Waals surface area contributed by atoms with Crippen LogP contribution >= 0.6 is 0 Å². The molecule has 122 valence electrons. The van der Waals surface area contributed by atoms with Crippen LogP contribution in [0.25, 0.3) is 5.69 Å². The molecule has 2 rings (SSSR count). The molecule has 23 heavy (non-hydrogen) atoms. The number of nitrogens with zero attached hydrogens (tertiary/aromatic N) is 3. The Kier molecular flexibility index (Phi) is 5.81. The van der Waals surface area contributed by atoms with E-state index < -0.39 is 12.0 Å². The number of rotatable bonds is 8. The van der Waals surface area contributed by atoms with E-state index in [1.165, 1.54) is 4.68 Å². The van der Waals surface area contributed by atoms with Crippen molar-refractivity contribution >= 4 is 11.9 Å². The predicted molar refractivity (Wildman–Crippen MR) is 83.2 cm³/mol. The fraction of sp³-hybridized carbons (Fsp3) is 0.333. The minimum absolute atomic E-state index is 0.232. The highest BCUT2D eigenvalue weighted by atomic mass is 16.4. The Morgan fingerprint density at radius 3 is 2.70 bits per heavy atom. The van der Waals surface area contributed by atoms with Crippen LogP contribution in [0.2, 0.25) is 0 Å². The first-order valence-corrected chi connectivity index (χ1v) is 7.32. The number of aliphatic carboxylic acids is 1. The van der Waals surface area contributed by atoms with Gasteiger partial charge in [-0.1, -0.05) is 23.4 Å². The van der Waals surface area contributed by atoms with Crippen molar-refractivity contribution in [1.82, 2.24) is 20.3 Å². The summed E-state index contributed by atoms with van der Waals surface area (Å²) in [6.07, 6.45) is 3.23. The zero-order chi connectivity index (χ0) is 16.7.